The minimum atomic E-state index is -1.20. The Morgan fingerprint density at radius 2 is 1.88 bits per heavy atom. The van der Waals surface area contributed by atoms with Gasteiger partial charge in [0.2, 0.25) is 17.7 Å². The van der Waals surface area contributed by atoms with Gasteiger partial charge in [0.25, 0.3) is 0 Å². The fraction of sp³-hybridized carbons (Fsp3) is 0.469. The largest absolute Gasteiger partial charge is 0.359 e. The first-order chi connectivity index (χ1) is 19.2. The molecule has 210 valence electrons. The van der Waals surface area contributed by atoms with Crippen molar-refractivity contribution in [3.8, 4) is 0 Å². The fourth-order valence-electron chi connectivity index (χ4n) is 7.16. The summed E-state index contributed by atoms with van der Waals surface area (Å²) < 4.78 is 6.49. The van der Waals surface area contributed by atoms with E-state index in [0.717, 1.165) is 30.4 Å². The predicted molar refractivity (Wildman–Crippen MR) is 153 cm³/mol. The zero-order chi connectivity index (χ0) is 28.2. The number of fused-ring (bicyclic) bond motifs is 1. The van der Waals surface area contributed by atoms with Crippen molar-refractivity contribution in [1.29, 1.82) is 0 Å². The molecule has 6 rings (SSSR count). The van der Waals surface area contributed by atoms with E-state index in [1.807, 2.05) is 55.5 Å². The predicted octanol–water partition coefficient (Wildman–Crippen LogP) is 4.88. The van der Waals surface area contributed by atoms with Crippen LogP contribution in [0.4, 0.5) is 5.69 Å². The van der Waals surface area contributed by atoms with Crippen molar-refractivity contribution >= 4 is 35.0 Å². The number of nitrogens with zero attached hydrogens (tertiary/aromatic N) is 1. The van der Waals surface area contributed by atoms with Crippen molar-refractivity contribution in [3.05, 3.63) is 76.8 Å². The summed E-state index contributed by atoms with van der Waals surface area (Å²) in [7, 11) is 0. The van der Waals surface area contributed by atoms with Crippen molar-refractivity contribution in [2.45, 2.75) is 70.4 Å². The summed E-state index contributed by atoms with van der Waals surface area (Å²) in [5.41, 5.74) is 1.18. The first-order valence-electron chi connectivity index (χ1n) is 14.3. The number of ether oxygens (including phenoxy) is 1. The van der Waals surface area contributed by atoms with E-state index in [1.165, 1.54) is 0 Å². The average molecular weight is 562 g/mol. The highest BCUT2D eigenvalue weighted by atomic mass is 35.5. The number of benzene rings is 2. The molecule has 3 amide bonds. The molecular weight excluding hydrogens is 526 g/mol. The third-order valence-corrected chi connectivity index (χ3v) is 10.0. The Hall–Kier alpha value is -3.16. The Bertz CT molecular complexity index is 1360. The molecule has 2 aromatic rings. The topological polar surface area (TPSA) is 87.7 Å². The molecule has 40 heavy (non-hydrogen) atoms. The number of anilines is 1. The lowest BCUT2D eigenvalue weighted by Gasteiger charge is -2.38. The third kappa shape index (κ3) is 4.44. The number of carbonyl (C=O) groups is 3. The molecule has 1 saturated carbocycles. The van der Waals surface area contributed by atoms with E-state index >= 15 is 0 Å². The van der Waals surface area contributed by atoms with Crippen LogP contribution in [0.1, 0.15) is 44.2 Å². The van der Waals surface area contributed by atoms with Gasteiger partial charge in [-0.3, -0.25) is 14.4 Å². The molecule has 3 fully saturated rings. The van der Waals surface area contributed by atoms with Gasteiger partial charge in [-0.2, -0.15) is 0 Å². The number of amides is 3. The maximum Gasteiger partial charge on any atom is 0.246 e. The minimum Gasteiger partial charge on any atom is -0.359 e. The summed E-state index contributed by atoms with van der Waals surface area (Å²) in [6, 6.07) is 14.1. The van der Waals surface area contributed by atoms with Gasteiger partial charge >= 0.3 is 0 Å². The van der Waals surface area contributed by atoms with Crippen LogP contribution in [0.25, 0.3) is 0 Å². The number of aryl methyl sites for hydroxylation is 1. The molecule has 7 nitrogen and oxygen atoms in total. The number of hydrogen-bond donors (Lipinski definition) is 2. The summed E-state index contributed by atoms with van der Waals surface area (Å²) in [5, 5.41) is 6.79. The molecule has 2 N–H and O–H groups in total. The molecule has 4 aliphatic rings. The van der Waals surface area contributed by atoms with Gasteiger partial charge in [-0.25, -0.2) is 0 Å². The van der Waals surface area contributed by atoms with E-state index in [2.05, 4.69) is 24.5 Å². The number of likely N-dealkylation sites (tertiary alicyclic amines) is 1. The Kier molecular flexibility index (Phi) is 6.99. The highest BCUT2D eigenvalue weighted by Gasteiger charge is 2.72. The van der Waals surface area contributed by atoms with E-state index in [9.17, 15) is 14.4 Å². The van der Waals surface area contributed by atoms with E-state index in [4.69, 9.17) is 16.3 Å². The highest BCUT2D eigenvalue weighted by Crippen LogP contribution is 2.55. The second-order valence-corrected chi connectivity index (χ2v) is 12.4. The van der Waals surface area contributed by atoms with Gasteiger partial charge in [0.05, 0.1) is 17.9 Å². The molecule has 8 atom stereocenters. The first-order valence-corrected chi connectivity index (χ1v) is 14.7. The van der Waals surface area contributed by atoms with Gasteiger partial charge in [0.1, 0.15) is 11.6 Å². The summed E-state index contributed by atoms with van der Waals surface area (Å²) in [4.78, 5) is 43.6. The monoisotopic (exact) mass is 561 g/mol. The Morgan fingerprint density at radius 3 is 2.62 bits per heavy atom. The average Bonchev–Trinajstić information content (AvgIpc) is 3.57. The molecule has 3 heterocycles. The standard InChI is InChI=1S/C32H36ClN3O4/c1-18-8-7-11-24(20(18)3)35-30(38)28-32-15-14-25(40-32)26(29(37)34-22-13-12-19(2)23(33)16-22)27(32)31(39)36(28)17-21-9-5-4-6-10-21/h4-6,9-10,12-16,18,20,24-28H,7-8,11,17H2,1-3H3,(H,34,37)(H,35,38). The first kappa shape index (κ1) is 27.0. The van der Waals surface area contributed by atoms with Gasteiger partial charge in [0, 0.05) is 23.3 Å². The molecule has 2 saturated heterocycles. The molecule has 3 aliphatic heterocycles. The minimum absolute atomic E-state index is 0.0355. The number of hydrogen-bond acceptors (Lipinski definition) is 4. The molecule has 2 bridgehead atoms. The summed E-state index contributed by atoms with van der Waals surface area (Å²) in [6.07, 6.45) is 6.24. The van der Waals surface area contributed by atoms with Crippen molar-refractivity contribution in [1.82, 2.24) is 10.2 Å². The van der Waals surface area contributed by atoms with Gasteiger partial charge in [-0.05, 0) is 48.4 Å². The second kappa shape index (κ2) is 10.3. The van der Waals surface area contributed by atoms with Crippen molar-refractivity contribution in [3.63, 3.8) is 0 Å². The van der Waals surface area contributed by atoms with E-state index in [0.29, 0.717) is 22.5 Å². The molecule has 8 unspecified atom stereocenters. The van der Waals surface area contributed by atoms with Crippen LogP contribution in [0.5, 0.6) is 0 Å². The number of rotatable bonds is 6. The molecule has 1 aliphatic carbocycles. The Morgan fingerprint density at radius 1 is 1.10 bits per heavy atom. The van der Waals surface area contributed by atoms with Crippen LogP contribution in [-0.4, -0.2) is 46.4 Å². The van der Waals surface area contributed by atoms with Gasteiger partial charge in [0.15, 0.2) is 0 Å². The number of carbonyl (C=O) groups excluding carboxylic acids is 3. The van der Waals surface area contributed by atoms with Crippen LogP contribution in [0, 0.1) is 30.6 Å². The lowest BCUT2D eigenvalue weighted by atomic mass is 9.73. The number of nitrogens with one attached hydrogen (secondary N) is 2. The molecule has 8 heteroatoms. The zero-order valence-corrected chi connectivity index (χ0v) is 23.9. The second-order valence-electron chi connectivity index (χ2n) is 12.0. The van der Waals surface area contributed by atoms with Crippen LogP contribution in [0.15, 0.2) is 60.7 Å². The smallest absolute Gasteiger partial charge is 0.246 e. The van der Waals surface area contributed by atoms with Gasteiger partial charge in [-0.15, -0.1) is 0 Å². The fourth-order valence-corrected chi connectivity index (χ4v) is 7.34. The van der Waals surface area contributed by atoms with Gasteiger partial charge < -0.3 is 20.3 Å². The van der Waals surface area contributed by atoms with Gasteiger partial charge in [-0.1, -0.05) is 86.8 Å². The summed E-state index contributed by atoms with van der Waals surface area (Å²) >= 11 is 6.29. The zero-order valence-electron chi connectivity index (χ0n) is 23.1. The van der Waals surface area contributed by atoms with Crippen LogP contribution >= 0.6 is 11.6 Å². The van der Waals surface area contributed by atoms with Crippen LogP contribution < -0.4 is 10.6 Å². The third-order valence-electron chi connectivity index (χ3n) is 9.59. The molecule has 0 aromatic heterocycles. The van der Waals surface area contributed by atoms with E-state index in [-0.39, 0.29) is 30.3 Å². The molecular formula is C32H36ClN3O4. The van der Waals surface area contributed by atoms with Crippen molar-refractivity contribution < 1.29 is 19.1 Å². The van der Waals surface area contributed by atoms with Crippen LogP contribution in [-0.2, 0) is 25.7 Å². The summed E-state index contributed by atoms with van der Waals surface area (Å²) in [5.74, 6) is -1.48. The Labute approximate surface area is 240 Å². The maximum absolute atomic E-state index is 14.2. The van der Waals surface area contributed by atoms with Crippen LogP contribution in [0.3, 0.4) is 0 Å². The van der Waals surface area contributed by atoms with Crippen molar-refractivity contribution in [2.75, 3.05) is 5.32 Å². The summed E-state index contributed by atoms with van der Waals surface area (Å²) in [6.45, 7) is 6.57. The lowest BCUT2D eigenvalue weighted by molar-refractivity contribution is -0.142. The molecule has 2 aromatic carbocycles. The lowest BCUT2D eigenvalue weighted by Crippen LogP contribution is -2.57. The van der Waals surface area contributed by atoms with Crippen molar-refractivity contribution in [2.24, 2.45) is 23.7 Å². The Balaban J connectivity index is 1.32. The maximum atomic E-state index is 14.2. The molecule has 0 radical (unpaired) electrons. The number of halogens is 1. The van der Waals surface area contributed by atoms with E-state index in [1.54, 1.807) is 17.0 Å². The van der Waals surface area contributed by atoms with Crippen LogP contribution in [0.2, 0.25) is 5.02 Å². The van der Waals surface area contributed by atoms with E-state index < -0.39 is 29.6 Å². The molecule has 1 spiro atoms. The highest BCUT2D eigenvalue weighted by molar-refractivity contribution is 6.31. The quantitative estimate of drug-likeness (QED) is 0.492. The normalized spacial score (nSPS) is 34.1. The SMILES string of the molecule is Cc1ccc(NC(=O)C2C3C=CC4(O3)C2C(=O)N(Cc2ccccc2)C4C(=O)NC2CCCC(C)C2C)cc1Cl.